The highest BCUT2D eigenvalue weighted by Crippen LogP contribution is 2.31. The standard InChI is InChI=1S/C13H18FN3O/c14-9-5-6-12(11(15)7-9)17(8-13(16)18)10-3-1-2-4-10/h5-7,10H,1-4,8,15H2,(H2,16,18). The Labute approximate surface area is 106 Å². The first-order chi connectivity index (χ1) is 8.58. The Hall–Kier alpha value is -1.78. The summed E-state index contributed by atoms with van der Waals surface area (Å²) in [5.74, 6) is -0.771. The normalized spacial score (nSPS) is 15.8. The number of nitrogens with zero attached hydrogens (tertiary/aromatic N) is 1. The number of hydrogen-bond donors (Lipinski definition) is 2. The number of anilines is 2. The third kappa shape index (κ3) is 2.72. The van der Waals surface area contributed by atoms with E-state index in [-0.39, 0.29) is 18.4 Å². The van der Waals surface area contributed by atoms with E-state index in [0.29, 0.717) is 11.4 Å². The number of benzene rings is 1. The summed E-state index contributed by atoms with van der Waals surface area (Å²) >= 11 is 0. The van der Waals surface area contributed by atoms with Gasteiger partial charge in [0, 0.05) is 6.04 Å². The molecule has 1 fully saturated rings. The van der Waals surface area contributed by atoms with Crippen LogP contribution >= 0.6 is 0 Å². The molecule has 5 heteroatoms. The first-order valence-corrected chi connectivity index (χ1v) is 6.18. The molecule has 0 spiro atoms. The molecule has 1 aromatic carbocycles. The van der Waals surface area contributed by atoms with Gasteiger partial charge in [-0.2, -0.15) is 0 Å². The molecule has 0 atom stereocenters. The minimum Gasteiger partial charge on any atom is -0.397 e. The maximum atomic E-state index is 13.1. The molecule has 1 aromatic rings. The van der Waals surface area contributed by atoms with Crippen LogP contribution in [-0.4, -0.2) is 18.5 Å². The van der Waals surface area contributed by atoms with Gasteiger partial charge in [-0.15, -0.1) is 0 Å². The van der Waals surface area contributed by atoms with Gasteiger partial charge in [-0.25, -0.2) is 4.39 Å². The molecule has 0 aliphatic heterocycles. The van der Waals surface area contributed by atoms with Crippen LogP contribution < -0.4 is 16.4 Å². The van der Waals surface area contributed by atoms with Crippen molar-refractivity contribution in [3.63, 3.8) is 0 Å². The first kappa shape index (κ1) is 12.7. The minimum absolute atomic E-state index is 0.125. The lowest BCUT2D eigenvalue weighted by Crippen LogP contribution is -2.40. The summed E-state index contributed by atoms with van der Waals surface area (Å²) in [6.07, 6.45) is 4.32. The summed E-state index contributed by atoms with van der Waals surface area (Å²) in [6.45, 7) is 0.125. The van der Waals surface area contributed by atoms with Crippen molar-refractivity contribution in [3.8, 4) is 0 Å². The number of carbonyl (C=O) groups excluding carboxylic acids is 1. The van der Waals surface area contributed by atoms with Crippen LogP contribution in [0.4, 0.5) is 15.8 Å². The maximum Gasteiger partial charge on any atom is 0.236 e. The number of carbonyl (C=O) groups is 1. The Bertz CT molecular complexity index is 444. The molecule has 18 heavy (non-hydrogen) atoms. The fourth-order valence-corrected chi connectivity index (χ4v) is 2.58. The van der Waals surface area contributed by atoms with E-state index in [9.17, 15) is 9.18 Å². The lowest BCUT2D eigenvalue weighted by molar-refractivity contribution is -0.116. The van der Waals surface area contributed by atoms with Gasteiger partial charge < -0.3 is 16.4 Å². The van der Waals surface area contributed by atoms with E-state index in [2.05, 4.69) is 0 Å². The topological polar surface area (TPSA) is 72.4 Å². The Morgan fingerprint density at radius 1 is 1.39 bits per heavy atom. The van der Waals surface area contributed by atoms with Crippen LogP contribution in [-0.2, 0) is 4.79 Å². The van der Waals surface area contributed by atoms with Crippen molar-refractivity contribution in [1.82, 2.24) is 0 Å². The molecule has 4 N–H and O–H groups in total. The molecule has 4 nitrogen and oxygen atoms in total. The molecule has 2 rings (SSSR count). The van der Waals surface area contributed by atoms with Crippen molar-refractivity contribution >= 4 is 17.3 Å². The van der Waals surface area contributed by atoms with Crippen LogP contribution in [0.15, 0.2) is 18.2 Å². The van der Waals surface area contributed by atoms with Crippen LogP contribution in [0.1, 0.15) is 25.7 Å². The van der Waals surface area contributed by atoms with Crippen molar-refractivity contribution in [3.05, 3.63) is 24.0 Å². The van der Waals surface area contributed by atoms with Crippen LogP contribution in [0.2, 0.25) is 0 Å². The zero-order chi connectivity index (χ0) is 13.1. The Morgan fingerprint density at radius 3 is 2.61 bits per heavy atom. The van der Waals surface area contributed by atoms with Crippen LogP contribution in [0.25, 0.3) is 0 Å². The summed E-state index contributed by atoms with van der Waals surface area (Å²) in [5, 5.41) is 0. The van der Waals surface area contributed by atoms with Gasteiger partial charge in [-0.3, -0.25) is 4.79 Å². The Kier molecular flexibility index (Phi) is 3.69. The number of hydrogen-bond acceptors (Lipinski definition) is 3. The summed E-state index contributed by atoms with van der Waals surface area (Å²) in [4.78, 5) is 13.1. The van der Waals surface area contributed by atoms with Gasteiger partial charge in [0.25, 0.3) is 0 Å². The molecule has 98 valence electrons. The van der Waals surface area contributed by atoms with Crippen LogP contribution in [0.5, 0.6) is 0 Å². The smallest absolute Gasteiger partial charge is 0.236 e. The summed E-state index contributed by atoms with van der Waals surface area (Å²) in [6, 6.07) is 4.52. The SMILES string of the molecule is NC(=O)CN(c1ccc(F)cc1N)C1CCCC1. The maximum absolute atomic E-state index is 13.1. The lowest BCUT2D eigenvalue weighted by atomic mass is 10.1. The zero-order valence-electron chi connectivity index (χ0n) is 10.2. The molecule has 0 saturated heterocycles. The molecule has 1 aliphatic rings. The number of primary amides is 1. The van der Waals surface area contributed by atoms with Crippen LogP contribution in [0.3, 0.4) is 0 Å². The summed E-state index contributed by atoms with van der Waals surface area (Å²) in [5.41, 5.74) is 12.2. The van der Waals surface area contributed by atoms with E-state index in [1.54, 1.807) is 6.07 Å². The largest absolute Gasteiger partial charge is 0.397 e. The number of nitrogens with two attached hydrogens (primary N) is 2. The van der Waals surface area contributed by atoms with Gasteiger partial charge >= 0.3 is 0 Å². The molecule has 0 unspecified atom stereocenters. The fourth-order valence-electron chi connectivity index (χ4n) is 2.58. The van der Waals surface area contributed by atoms with Crippen LogP contribution in [0, 0.1) is 5.82 Å². The van der Waals surface area contributed by atoms with Crippen molar-refractivity contribution < 1.29 is 9.18 Å². The molecule has 0 bridgehead atoms. The van der Waals surface area contributed by atoms with Crippen molar-refractivity contribution in [2.75, 3.05) is 17.2 Å². The second-order valence-electron chi connectivity index (χ2n) is 4.74. The molecule has 1 aliphatic carbocycles. The van der Waals surface area contributed by atoms with E-state index in [1.165, 1.54) is 12.1 Å². The third-order valence-electron chi connectivity index (χ3n) is 3.39. The molecule has 0 heterocycles. The quantitative estimate of drug-likeness (QED) is 0.799. The van der Waals surface area contributed by atoms with E-state index in [0.717, 1.165) is 25.7 Å². The van der Waals surface area contributed by atoms with Gasteiger partial charge in [0.2, 0.25) is 5.91 Å². The highest BCUT2D eigenvalue weighted by Gasteiger charge is 2.25. The molecule has 1 saturated carbocycles. The van der Waals surface area contributed by atoms with Gasteiger partial charge in [0.05, 0.1) is 17.9 Å². The number of nitrogen functional groups attached to an aromatic ring is 1. The predicted molar refractivity (Wildman–Crippen MR) is 69.6 cm³/mol. The highest BCUT2D eigenvalue weighted by atomic mass is 19.1. The predicted octanol–water partition coefficient (Wildman–Crippen LogP) is 1.64. The fraction of sp³-hybridized carbons (Fsp3) is 0.462. The second kappa shape index (κ2) is 5.25. The van der Waals surface area contributed by atoms with E-state index in [4.69, 9.17) is 11.5 Å². The van der Waals surface area contributed by atoms with Gasteiger partial charge in [0.1, 0.15) is 5.82 Å². The van der Waals surface area contributed by atoms with Gasteiger partial charge in [0.15, 0.2) is 0 Å². The first-order valence-electron chi connectivity index (χ1n) is 6.18. The lowest BCUT2D eigenvalue weighted by Gasteiger charge is -2.31. The highest BCUT2D eigenvalue weighted by molar-refractivity contribution is 5.82. The number of halogens is 1. The molecule has 0 radical (unpaired) electrons. The molecule has 0 aromatic heterocycles. The minimum atomic E-state index is -0.398. The average molecular weight is 251 g/mol. The van der Waals surface area contributed by atoms with E-state index >= 15 is 0 Å². The van der Waals surface area contributed by atoms with Gasteiger partial charge in [-0.05, 0) is 31.0 Å². The summed E-state index contributed by atoms with van der Waals surface area (Å²) in [7, 11) is 0. The molecule has 1 amide bonds. The molecular weight excluding hydrogens is 233 g/mol. The number of amides is 1. The van der Waals surface area contributed by atoms with E-state index < -0.39 is 5.91 Å². The summed E-state index contributed by atoms with van der Waals surface area (Å²) < 4.78 is 13.1. The van der Waals surface area contributed by atoms with E-state index in [1.807, 2.05) is 4.90 Å². The second-order valence-corrected chi connectivity index (χ2v) is 4.74. The average Bonchev–Trinajstić information content (AvgIpc) is 2.79. The molecular formula is C13H18FN3O. The zero-order valence-corrected chi connectivity index (χ0v) is 10.2. The Morgan fingerprint density at radius 2 is 2.06 bits per heavy atom. The Balaban J connectivity index is 2.29. The van der Waals surface area contributed by atoms with Crippen molar-refractivity contribution in [1.29, 1.82) is 0 Å². The number of rotatable bonds is 4. The monoisotopic (exact) mass is 251 g/mol. The third-order valence-corrected chi connectivity index (χ3v) is 3.39. The van der Waals surface area contributed by atoms with Crippen molar-refractivity contribution in [2.45, 2.75) is 31.7 Å². The van der Waals surface area contributed by atoms with Crippen molar-refractivity contribution in [2.24, 2.45) is 5.73 Å². The van der Waals surface area contributed by atoms with Gasteiger partial charge in [-0.1, -0.05) is 12.8 Å².